The first-order valence-electron chi connectivity index (χ1n) is 7.59. The van der Waals surface area contributed by atoms with Crippen molar-refractivity contribution in [1.82, 2.24) is 10.3 Å². The summed E-state index contributed by atoms with van der Waals surface area (Å²) in [7, 11) is 0. The van der Waals surface area contributed by atoms with E-state index in [1.807, 2.05) is 0 Å². The van der Waals surface area contributed by atoms with Gasteiger partial charge in [-0.3, -0.25) is 4.98 Å². The minimum atomic E-state index is 0.394. The van der Waals surface area contributed by atoms with Crippen LogP contribution in [0.1, 0.15) is 68.1 Å². The summed E-state index contributed by atoms with van der Waals surface area (Å²) in [5.74, 6) is 0. The van der Waals surface area contributed by atoms with Crippen LogP contribution in [0.25, 0.3) is 0 Å². The molecule has 1 N–H and O–H groups in total. The minimum Gasteiger partial charge on any atom is -0.310 e. The number of nitrogens with one attached hydrogen (secondary N) is 1. The Morgan fingerprint density at radius 3 is 2.47 bits per heavy atom. The van der Waals surface area contributed by atoms with Crippen molar-refractivity contribution in [1.29, 1.82) is 0 Å². The van der Waals surface area contributed by atoms with E-state index >= 15 is 0 Å². The summed E-state index contributed by atoms with van der Waals surface area (Å²) >= 11 is 0. The topological polar surface area (TPSA) is 24.9 Å². The Morgan fingerprint density at radius 2 is 1.89 bits per heavy atom. The average Bonchev–Trinajstić information content (AvgIpc) is 2.73. The molecule has 1 aromatic heterocycles. The number of hydrogen-bond donors (Lipinski definition) is 1. The lowest BCUT2D eigenvalue weighted by molar-refractivity contribution is 0.301. The molecule has 1 unspecified atom stereocenters. The summed E-state index contributed by atoms with van der Waals surface area (Å²) in [4.78, 5) is 4.61. The van der Waals surface area contributed by atoms with Crippen LogP contribution in [-0.4, -0.2) is 11.5 Å². The molecule has 0 saturated heterocycles. The highest BCUT2D eigenvalue weighted by Gasteiger charge is 2.29. The average molecular weight is 260 g/mol. The summed E-state index contributed by atoms with van der Waals surface area (Å²) in [5, 5.41) is 3.74. The number of pyridine rings is 1. The molecule has 0 aliphatic heterocycles. The molecule has 1 heterocycles. The van der Waals surface area contributed by atoms with E-state index in [1.54, 1.807) is 0 Å². The molecule has 1 atom stereocenters. The number of aryl methyl sites for hydroxylation is 3. The van der Waals surface area contributed by atoms with Crippen molar-refractivity contribution in [3.05, 3.63) is 28.6 Å². The van der Waals surface area contributed by atoms with Crippen molar-refractivity contribution < 1.29 is 0 Å². The van der Waals surface area contributed by atoms with Crippen molar-refractivity contribution in [3.63, 3.8) is 0 Å². The smallest absolute Gasteiger partial charge is 0.0426 e. The predicted molar refractivity (Wildman–Crippen MR) is 81.4 cm³/mol. The third kappa shape index (κ3) is 3.36. The third-order valence-electron chi connectivity index (χ3n) is 4.66. The highest BCUT2D eigenvalue weighted by molar-refractivity contribution is 5.33. The lowest BCUT2D eigenvalue weighted by Gasteiger charge is -2.27. The molecule has 1 aromatic rings. The Kier molecular flexibility index (Phi) is 4.29. The van der Waals surface area contributed by atoms with Gasteiger partial charge in [0.05, 0.1) is 0 Å². The van der Waals surface area contributed by atoms with Crippen LogP contribution >= 0.6 is 0 Å². The Balaban J connectivity index is 2.06. The van der Waals surface area contributed by atoms with Gasteiger partial charge in [0, 0.05) is 24.0 Å². The minimum absolute atomic E-state index is 0.394. The van der Waals surface area contributed by atoms with E-state index in [0.717, 1.165) is 12.2 Å². The van der Waals surface area contributed by atoms with Crippen LogP contribution in [0.3, 0.4) is 0 Å². The van der Waals surface area contributed by atoms with Crippen molar-refractivity contribution in [3.8, 4) is 0 Å². The SMILES string of the molecule is Cc1cc(C)c(C(C)NCC2(C)CCCC2)c(C)n1. The van der Waals surface area contributed by atoms with Gasteiger partial charge in [-0.15, -0.1) is 0 Å². The Labute approximate surface area is 118 Å². The monoisotopic (exact) mass is 260 g/mol. The summed E-state index contributed by atoms with van der Waals surface area (Å²) in [6.07, 6.45) is 5.54. The molecule has 106 valence electrons. The van der Waals surface area contributed by atoms with Crippen LogP contribution < -0.4 is 5.32 Å². The van der Waals surface area contributed by atoms with Crippen LogP contribution in [-0.2, 0) is 0 Å². The maximum Gasteiger partial charge on any atom is 0.0426 e. The summed E-state index contributed by atoms with van der Waals surface area (Å²) in [6, 6.07) is 2.59. The van der Waals surface area contributed by atoms with E-state index in [2.05, 4.69) is 51.0 Å². The molecule has 1 aliphatic rings. The van der Waals surface area contributed by atoms with E-state index < -0.39 is 0 Å². The highest BCUT2D eigenvalue weighted by atomic mass is 14.9. The Bertz CT molecular complexity index is 422. The van der Waals surface area contributed by atoms with Gasteiger partial charge in [-0.1, -0.05) is 19.8 Å². The second-order valence-corrected chi connectivity index (χ2v) is 6.70. The fraction of sp³-hybridized carbons (Fsp3) is 0.706. The summed E-state index contributed by atoms with van der Waals surface area (Å²) < 4.78 is 0. The van der Waals surface area contributed by atoms with Gasteiger partial charge in [-0.25, -0.2) is 0 Å². The van der Waals surface area contributed by atoms with E-state index in [1.165, 1.54) is 42.5 Å². The van der Waals surface area contributed by atoms with Gasteiger partial charge in [0.15, 0.2) is 0 Å². The molecule has 0 spiro atoms. The number of rotatable bonds is 4. The highest BCUT2D eigenvalue weighted by Crippen LogP contribution is 2.37. The fourth-order valence-electron chi connectivity index (χ4n) is 3.60. The molecular formula is C17H28N2. The third-order valence-corrected chi connectivity index (χ3v) is 4.66. The molecule has 2 heteroatoms. The maximum absolute atomic E-state index is 4.61. The van der Waals surface area contributed by atoms with Gasteiger partial charge in [0.25, 0.3) is 0 Å². The molecule has 19 heavy (non-hydrogen) atoms. The Morgan fingerprint density at radius 1 is 1.26 bits per heavy atom. The molecule has 0 bridgehead atoms. The van der Waals surface area contributed by atoms with E-state index in [4.69, 9.17) is 0 Å². The molecule has 0 aromatic carbocycles. The van der Waals surface area contributed by atoms with Crippen LogP contribution in [0, 0.1) is 26.2 Å². The quantitative estimate of drug-likeness (QED) is 0.876. The first kappa shape index (κ1) is 14.5. The molecule has 1 fully saturated rings. The molecule has 2 nitrogen and oxygen atoms in total. The molecule has 1 aliphatic carbocycles. The first-order chi connectivity index (χ1) is 8.91. The normalized spacial score (nSPS) is 19.6. The van der Waals surface area contributed by atoms with Gasteiger partial charge in [-0.05, 0) is 63.1 Å². The van der Waals surface area contributed by atoms with Crippen LogP contribution in [0.15, 0.2) is 6.07 Å². The van der Waals surface area contributed by atoms with Gasteiger partial charge in [0.1, 0.15) is 0 Å². The second kappa shape index (κ2) is 5.62. The van der Waals surface area contributed by atoms with Gasteiger partial charge in [-0.2, -0.15) is 0 Å². The number of nitrogens with zero attached hydrogens (tertiary/aromatic N) is 1. The first-order valence-corrected chi connectivity index (χ1v) is 7.59. The zero-order valence-corrected chi connectivity index (χ0v) is 13.1. The molecule has 0 amide bonds. The van der Waals surface area contributed by atoms with E-state index in [0.29, 0.717) is 11.5 Å². The summed E-state index contributed by atoms with van der Waals surface area (Å²) in [5.41, 5.74) is 5.55. The fourth-order valence-corrected chi connectivity index (χ4v) is 3.60. The van der Waals surface area contributed by atoms with Crippen LogP contribution in [0.4, 0.5) is 0 Å². The largest absolute Gasteiger partial charge is 0.310 e. The van der Waals surface area contributed by atoms with E-state index in [9.17, 15) is 0 Å². The maximum atomic E-state index is 4.61. The van der Waals surface area contributed by atoms with Crippen LogP contribution in [0.5, 0.6) is 0 Å². The van der Waals surface area contributed by atoms with Crippen molar-refractivity contribution >= 4 is 0 Å². The summed E-state index contributed by atoms with van der Waals surface area (Å²) in [6.45, 7) is 12.2. The predicted octanol–water partition coefficient (Wildman–Crippen LogP) is 4.24. The number of hydrogen-bond acceptors (Lipinski definition) is 2. The lowest BCUT2D eigenvalue weighted by atomic mass is 9.88. The van der Waals surface area contributed by atoms with Crippen LogP contribution in [0.2, 0.25) is 0 Å². The van der Waals surface area contributed by atoms with Gasteiger partial charge in [0.2, 0.25) is 0 Å². The van der Waals surface area contributed by atoms with Crippen molar-refractivity contribution in [2.75, 3.05) is 6.54 Å². The van der Waals surface area contributed by atoms with Crippen molar-refractivity contribution in [2.45, 2.75) is 66.3 Å². The standard InChI is InChI=1S/C17H28N2/c1-12-10-13(2)19-15(4)16(12)14(3)18-11-17(5)8-6-7-9-17/h10,14,18H,6-9,11H2,1-5H3. The van der Waals surface area contributed by atoms with E-state index in [-0.39, 0.29) is 0 Å². The molecule has 0 radical (unpaired) electrons. The molecule has 2 rings (SSSR count). The lowest BCUT2D eigenvalue weighted by Crippen LogP contribution is -2.32. The Hall–Kier alpha value is -0.890. The van der Waals surface area contributed by atoms with Crippen molar-refractivity contribution in [2.24, 2.45) is 5.41 Å². The molecule has 1 saturated carbocycles. The zero-order chi connectivity index (χ0) is 14.0. The zero-order valence-electron chi connectivity index (χ0n) is 13.1. The van der Waals surface area contributed by atoms with Gasteiger partial charge >= 0.3 is 0 Å². The molecular weight excluding hydrogens is 232 g/mol. The second-order valence-electron chi connectivity index (χ2n) is 6.70. The van der Waals surface area contributed by atoms with Gasteiger partial charge < -0.3 is 5.32 Å². The number of aromatic nitrogens is 1.